The first kappa shape index (κ1) is 26.1. The normalized spacial score (nSPS) is 11.9. The Morgan fingerprint density at radius 2 is 1.32 bits per heavy atom. The maximum absolute atomic E-state index is 13.4. The van der Waals surface area contributed by atoms with Gasteiger partial charge in [0.25, 0.3) is 5.91 Å². The molecule has 1 aromatic heterocycles. The van der Waals surface area contributed by atoms with Gasteiger partial charge in [-0.3, -0.25) is 4.79 Å². The van der Waals surface area contributed by atoms with Crippen LogP contribution >= 0.6 is 0 Å². The second kappa shape index (κ2) is 10.5. The van der Waals surface area contributed by atoms with Crippen LogP contribution in [0.3, 0.4) is 0 Å². The summed E-state index contributed by atoms with van der Waals surface area (Å²) in [6.45, 7) is 0.441. The number of carbonyl (C=O) groups is 1. The highest BCUT2D eigenvalue weighted by atomic mass is 19.4. The Hall–Kier alpha value is -4.01. The molecule has 9 heteroatoms. The molecular formula is C28H22F6N2O. The van der Waals surface area contributed by atoms with Gasteiger partial charge in [0, 0.05) is 30.5 Å². The molecule has 0 radical (unpaired) electrons. The number of hydrogen-bond donors (Lipinski definition) is 0. The summed E-state index contributed by atoms with van der Waals surface area (Å²) in [5.74, 6) is -0.468. The highest BCUT2D eigenvalue weighted by molar-refractivity contribution is 5.94. The SMILES string of the molecule is O=C(c1ccc(C(F)(F)F)cc1)N(Cc1ccccc1)Cc1cccn1Cc1cccc(C(F)(F)F)c1. The van der Waals surface area contributed by atoms with Crippen molar-refractivity contribution in [2.75, 3.05) is 0 Å². The van der Waals surface area contributed by atoms with Crippen LogP contribution in [0, 0.1) is 0 Å². The standard InChI is InChI=1S/C28H22F6N2O/c29-27(30,31)23-13-11-22(12-14-23)26(37)36(17-20-6-2-1-3-7-20)19-25-10-5-15-35(25)18-21-8-4-9-24(16-21)28(32,33)34/h1-16H,17-19H2. The number of aromatic nitrogens is 1. The van der Waals surface area contributed by atoms with Gasteiger partial charge in [0.05, 0.1) is 17.7 Å². The van der Waals surface area contributed by atoms with Crippen LogP contribution in [0.4, 0.5) is 26.3 Å². The van der Waals surface area contributed by atoms with Crippen molar-refractivity contribution >= 4 is 5.91 Å². The molecule has 0 unspecified atom stereocenters. The lowest BCUT2D eigenvalue weighted by atomic mass is 10.1. The molecular weight excluding hydrogens is 494 g/mol. The summed E-state index contributed by atoms with van der Waals surface area (Å²) in [4.78, 5) is 14.9. The molecule has 0 atom stereocenters. The Kier molecular flexibility index (Phi) is 7.42. The van der Waals surface area contributed by atoms with E-state index in [1.54, 1.807) is 29.0 Å². The summed E-state index contributed by atoms with van der Waals surface area (Å²) in [5.41, 5.74) is 0.415. The van der Waals surface area contributed by atoms with Gasteiger partial charge in [0.1, 0.15) is 0 Å². The number of alkyl halides is 6. The molecule has 0 aliphatic rings. The number of halogens is 6. The van der Waals surface area contributed by atoms with Crippen molar-refractivity contribution in [2.45, 2.75) is 32.0 Å². The monoisotopic (exact) mass is 516 g/mol. The number of nitrogens with zero attached hydrogens (tertiary/aromatic N) is 2. The predicted octanol–water partition coefficient (Wildman–Crippen LogP) is 7.42. The number of rotatable bonds is 7. The van der Waals surface area contributed by atoms with E-state index < -0.39 is 29.4 Å². The van der Waals surface area contributed by atoms with Crippen LogP contribution < -0.4 is 0 Å². The zero-order chi connectivity index (χ0) is 26.6. The quantitative estimate of drug-likeness (QED) is 0.235. The fraction of sp³-hybridized carbons (Fsp3) is 0.179. The van der Waals surface area contributed by atoms with E-state index in [-0.39, 0.29) is 25.2 Å². The smallest absolute Gasteiger partial charge is 0.345 e. The molecule has 3 nitrogen and oxygen atoms in total. The fourth-order valence-corrected chi connectivity index (χ4v) is 3.97. The van der Waals surface area contributed by atoms with Crippen LogP contribution in [0.1, 0.15) is 38.3 Å². The molecule has 0 N–H and O–H groups in total. The molecule has 0 spiro atoms. The van der Waals surface area contributed by atoms with E-state index in [0.29, 0.717) is 11.3 Å². The molecule has 37 heavy (non-hydrogen) atoms. The van der Waals surface area contributed by atoms with Gasteiger partial charge in [-0.25, -0.2) is 0 Å². The van der Waals surface area contributed by atoms with Crippen LogP contribution in [0.15, 0.2) is 97.2 Å². The van der Waals surface area contributed by atoms with Crippen molar-refractivity contribution in [3.8, 4) is 0 Å². The molecule has 0 aliphatic carbocycles. The minimum absolute atomic E-state index is 0.0971. The van der Waals surface area contributed by atoms with Gasteiger partial charge in [0.15, 0.2) is 0 Å². The summed E-state index contributed by atoms with van der Waals surface area (Å²) in [5, 5.41) is 0. The van der Waals surface area contributed by atoms with Gasteiger partial charge in [-0.2, -0.15) is 26.3 Å². The highest BCUT2D eigenvalue weighted by Crippen LogP contribution is 2.31. The number of hydrogen-bond acceptors (Lipinski definition) is 1. The van der Waals surface area contributed by atoms with Gasteiger partial charge in [-0.15, -0.1) is 0 Å². The molecule has 0 bridgehead atoms. The minimum atomic E-state index is -4.52. The summed E-state index contributed by atoms with van der Waals surface area (Å²) >= 11 is 0. The van der Waals surface area contributed by atoms with Crippen LogP contribution in [-0.4, -0.2) is 15.4 Å². The van der Waals surface area contributed by atoms with Crippen molar-refractivity contribution in [3.63, 3.8) is 0 Å². The van der Waals surface area contributed by atoms with Crippen LogP contribution in [0.25, 0.3) is 0 Å². The zero-order valence-corrected chi connectivity index (χ0v) is 19.4. The van der Waals surface area contributed by atoms with Crippen LogP contribution in [-0.2, 0) is 32.0 Å². The minimum Gasteiger partial charge on any atom is -0.345 e. The number of amides is 1. The Labute approximate surface area is 209 Å². The molecule has 4 rings (SSSR count). The van der Waals surface area contributed by atoms with Crippen molar-refractivity contribution in [3.05, 3.63) is 131 Å². The van der Waals surface area contributed by atoms with Gasteiger partial charge < -0.3 is 9.47 Å². The second-order valence-corrected chi connectivity index (χ2v) is 8.55. The first-order valence-electron chi connectivity index (χ1n) is 11.3. The fourth-order valence-electron chi connectivity index (χ4n) is 3.97. The molecule has 0 aliphatic heterocycles. The van der Waals surface area contributed by atoms with Gasteiger partial charge in [-0.05, 0) is 59.7 Å². The van der Waals surface area contributed by atoms with Crippen LogP contribution in [0.5, 0.6) is 0 Å². The molecule has 0 saturated carbocycles. The Morgan fingerprint density at radius 1 is 0.676 bits per heavy atom. The molecule has 3 aromatic carbocycles. The number of benzene rings is 3. The molecule has 0 saturated heterocycles. The highest BCUT2D eigenvalue weighted by Gasteiger charge is 2.31. The maximum Gasteiger partial charge on any atom is 0.416 e. The largest absolute Gasteiger partial charge is 0.416 e. The van der Waals surface area contributed by atoms with Crippen molar-refractivity contribution in [1.82, 2.24) is 9.47 Å². The lowest BCUT2D eigenvalue weighted by Crippen LogP contribution is -2.31. The first-order valence-corrected chi connectivity index (χ1v) is 11.3. The van der Waals surface area contributed by atoms with Gasteiger partial charge in [0.2, 0.25) is 0 Å². The van der Waals surface area contributed by atoms with E-state index in [9.17, 15) is 31.1 Å². The molecule has 0 fully saturated rings. The van der Waals surface area contributed by atoms with E-state index in [1.807, 2.05) is 30.3 Å². The maximum atomic E-state index is 13.4. The lowest BCUT2D eigenvalue weighted by Gasteiger charge is -2.24. The Morgan fingerprint density at radius 3 is 1.97 bits per heavy atom. The van der Waals surface area contributed by atoms with Crippen molar-refractivity contribution in [1.29, 1.82) is 0 Å². The summed E-state index contributed by atoms with van der Waals surface area (Å²) in [6.07, 6.45) is -7.27. The lowest BCUT2D eigenvalue weighted by molar-refractivity contribution is -0.138. The predicted molar refractivity (Wildman–Crippen MR) is 126 cm³/mol. The molecule has 1 heterocycles. The Balaban J connectivity index is 1.60. The van der Waals surface area contributed by atoms with Gasteiger partial charge >= 0.3 is 12.4 Å². The van der Waals surface area contributed by atoms with E-state index in [1.165, 1.54) is 11.0 Å². The average Bonchev–Trinajstić information content (AvgIpc) is 3.29. The van der Waals surface area contributed by atoms with E-state index >= 15 is 0 Å². The summed E-state index contributed by atoms with van der Waals surface area (Å²) in [6, 6.07) is 21.6. The molecule has 4 aromatic rings. The van der Waals surface area contributed by atoms with Crippen molar-refractivity contribution < 1.29 is 31.1 Å². The van der Waals surface area contributed by atoms with Crippen LogP contribution in [0.2, 0.25) is 0 Å². The summed E-state index contributed by atoms with van der Waals surface area (Å²) < 4.78 is 80.1. The topological polar surface area (TPSA) is 25.2 Å². The third kappa shape index (κ3) is 6.61. The first-order chi connectivity index (χ1) is 17.5. The van der Waals surface area contributed by atoms with E-state index in [2.05, 4.69) is 0 Å². The zero-order valence-electron chi connectivity index (χ0n) is 19.4. The number of carbonyl (C=O) groups excluding carboxylic acids is 1. The van der Waals surface area contributed by atoms with Gasteiger partial charge in [-0.1, -0.05) is 42.5 Å². The summed E-state index contributed by atoms with van der Waals surface area (Å²) in [7, 11) is 0. The molecule has 192 valence electrons. The van der Waals surface area contributed by atoms with Crippen molar-refractivity contribution in [2.24, 2.45) is 0 Å². The third-order valence-corrected chi connectivity index (χ3v) is 5.85. The average molecular weight is 516 g/mol. The van der Waals surface area contributed by atoms with E-state index in [0.717, 1.165) is 42.0 Å². The second-order valence-electron chi connectivity index (χ2n) is 8.55. The third-order valence-electron chi connectivity index (χ3n) is 5.85. The molecule has 1 amide bonds. The Bertz CT molecular complexity index is 1340. The van der Waals surface area contributed by atoms with E-state index in [4.69, 9.17) is 0 Å².